The quantitative estimate of drug-likeness (QED) is 0.778. The lowest BCUT2D eigenvalue weighted by molar-refractivity contribution is 0.601. The molecule has 5 nitrogen and oxygen atoms in total. The molecule has 0 atom stereocenters. The van der Waals surface area contributed by atoms with E-state index in [9.17, 15) is 8.42 Å². The van der Waals surface area contributed by atoms with Crippen LogP contribution < -0.4 is 4.72 Å². The molecule has 0 spiro atoms. The highest BCUT2D eigenvalue weighted by Gasteiger charge is 2.17. The maximum atomic E-state index is 12.3. The van der Waals surface area contributed by atoms with Gasteiger partial charge in [-0.05, 0) is 30.3 Å². The van der Waals surface area contributed by atoms with Crippen molar-refractivity contribution in [1.29, 1.82) is 0 Å². The largest absolute Gasteiger partial charge is 0.263 e. The lowest BCUT2D eigenvalue weighted by Crippen LogP contribution is -2.14. The SMILES string of the molecule is O=S(=O)(Nc1nc2ccc(Cl)cc2nc1Cl)c1ccccc1. The van der Waals surface area contributed by atoms with Gasteiger partial charge < -0.3 is 0 Å². The van der Waals surface area contributed by atoms with Crippen LogP contribution in [0.5, 0.6) is 0 Å². The summed E-state index contributed by atoms with van der Waals surface area (Å²) in [6.07, 6.45) is 0. The topological polar surface area (TPSA) is 72.0 Å². The van der Waals surface area contributed by atoms with E-state index in [1.165, 1.54) is 12.1 Å². The zero-order valence-electron chi connectivity index (χ0n) is 11.0. The molecule has 8 heteroatoms. The van der Waals surface area contributed by atoms with Crippen molar-refractivity contribution in [3.8, 4) is 0 Å². The number of halogens is 2. The predicted octanol–water partition coefficient (Wildman–Crippen LogP) is 3.74. The molecule has 112 valence electrons. The van der Waals surface area contributed by atoms with Crippen molar-refractivity contribution in [1.82, 2.24) is 9.97 Å². The molecule has 0 aliphatic carbocycles. The maximum Gasteiger partial charge on any atom is 0.263 e. The van der Waals surface area contributed by atoms with Crippen LogP contribution in [0.15, 0.2) is 53.4 Å². The molecule has 1 aromatic heterocycles. The average molecular weight is 354 g/mol. The Morgan fingerprint density at radius 1 is 0.909 bits per heavy atom. The zero-order chi connectivity index (χ0) is 15.7. The molecule has 0 radical (unpaired) electrons. The Kier molecular flexibility index (Phi) is 3.90. The monoisotopic (exact) mass is 353 g/mol. The van der Waals surface area contributed by atoms with Crippen molar-refractivity contribution in [3.63, 3.8) is 0 Å². The van der Waals surface area contributed by atoms with Crippen LogP contribution in [0, 0.1) is 0 Å². The van der Waals surface area contributed by atoms with E-state index in [1.54, 1.807) is 36.4 Å². The van der Waals surface area contributed by atoms with E-state index in [0.717, 1.165) is 0 Å². The summed E-state index contributed by atoms with van der Waals surface area (Å²) in [5.74, 6) is -0.0275. The first kappa shape index (κ1) is 15.0. The third-order valence-corrected chi connectivity index (χ3v) is 4.72. The zero-order valence-corrected chi connectivity index (χ0v) is 13.3. The molecule has 3 aromatic rings. The predicted molar refractivity (Wildman–Crippen MR) is 86.8 cm³/mol. The molecule has 0 fully saturated rings. The van der Waals surface area contributed by atoms with Gasteiger partial charge in [0, 0.05) is 5.02 Å². The molecule has 22 heavy (non-hydrogen) atoms. The Morgan fingerprint density at radius 3 is 2.36 bits per heavy atom. The van der Waals surface area contributed by atoms with Crippen LogP contribution >= 0.6 is 23.2 Å². The highest BCUT2D eigenvalue weighted by molar-refractivity contribution is 7.92. The third-order valence-electron chi connectivity index (χ3n) is 2.87. The standard InChI is InChI=1S/C14H9Cl2N3O2S/c15-9-6-7-11-12(8-9)17-13(16)14(18-11)19-22(20,21)10-4-2-1-3-5-10/h1-8H,(H,18,19). The Bertz CT molecular complexity index is 947. The molecule has 1 N–H and O–H groups in total. The van der Waals surface area contributed by atoms with Gasteiger partial charge in [-0.3, -0.25) is 4.72 Å². The molecule has 0 saturated carbocycles. The molecule has 0 saturated heterocycles. The van der Waals surface area contributed by atoms with Gasteiger partial charge in [-0.2, -0.15) is 0 Å². The molecule has 0 unspecified atom stereocenters. The van der Waals surface area contributed by atoms with Crippen molar-refractivity contribution in [2.45, 2.75) is 4.90 Å². The number of fused-ring (bicyclic) bond motifs is 1. The number of benzene rings is 2. The number of hydrogen-bond donors (Lipinski definition) is 1. The van der Waals surface area contributed by atoms with Gasteiger partial charge >= 0.3 is 0 Å². The van der Waals surface area contributed by atoms with Crippen LogP contribution in [0.1, 0.15) is 0 Å². The number of nitrogens with one attached hydrogen (secondary N) is 1. The number of hydrogen-bond acceptors (Lipinski definition) is 4. The Hall–Kier alpha value is -1.89. The van der Waals surface area contributed by atoms with E-state index >= 15 is 0 Å². The second-order valence-corrected chi connectivity index (χ2v) is 6.89. The summed E-state index contributed by atoms with van der Waals surface area (Å²) in [5, 5.41) is 0.449. The lowest BCUT2D eigenvalue weighted by Gasteiger charge is -2.09. The average Bonchev–Trinajstić information content (AvgIpc) is 2.49. The Morgan fingerprint density at radius 2 is 1.64 bits per heavy atom. The summed E-state index contributed by atoms with van der Waals surface area (Å²) >= 11 is 11.9. The first-order valence-corrected chi connectivity index (χ1v) is 8.40. The van der Waals surface area contributed by atoms with Gasteiger partial charge in [0.05, 0.1) is 15.9 Å². The first-order valence-electron chi connectivity index (χ1n) is 6.16. The summed E-state index contributed by atoms with van der Waals surface area (Å²) in [6, 6.07) is 12.8. The van der Waals surface area contributed by atoms with Crippen LogP contribution in [0.3, 0.4) is 0 Å². The minimum atomic E-state index is -3.78. The van der Waals surface area contributed by atoms with E-state index in [-0.39, 0.29) is 15.9 Å². The van der Waals surface area contributed by atoms with Crippen molar-refractivity contribution >= 4 is 50.1 Å². The summed E-state index contributed by atoms with van der Waals surface area (Å²) in [5.41, 5.74) is 0.972. The van der Waals surface area contributed by atoms with E-state index in [0.29, 0.717) is 16.1 Å². The second kappa shape index (κ2) is 5.72. The maximum absolute atomic E-state index is 12.3. The summed E-state index contributed by atoms with van der Waals surface area (Å²) in [6.45, 7) is 0. The van der Waals surface area contributed by atoms with Crippen molar-refractivity contribution in [2.75, 3.05) is 4.72 Å². The Labute approximate surface area is 137 Å². The molecule has 0 amide bonds. The van der Waals surface area contributed by atoms with Crippen molar-refractivity contribution < 1.29 is 8.42 Å². The minimum Gasteiger partial charge on any atom is -0.261 e. The number of sulfonamides is 1. The smallest absolute Gasteiger partial charge is 0.261 e. The third kappa shape index (κ3) is 2.99. The van der Waals surface area contributed by atoms with E-state index in [4.69, 9.17) is 23.2 Å². The summed E-state index contributed by atoms with van der Waals surface area (Å²) in [7, 11) is -3.78. The summed E-state index contributed by atoms with van der Waals surface area (Å²) < 4.78 is 26.9. The molecule has 2 aromatic carbocycles. The molecule has 0 aliphatic rings. The fraction of sp³-hybridized carbons (Fsp3) is 0. The van der Waals surface area contributed by atoms with Crippen LogP contribution in [0.4, 0.5) is 5.82 Å². The van der Waals surface area contributed by atoms with Crippen LogP contribution in [-0.2, 0) is 10.0 Å². The van der Waals surface area contributed by atoms with Crippen molar-refractivity contribution in [2.24, 2.45) is 0 Å². The molecule has 3 rings (SSSR count). The molecule has 0 aliphatic heterocycles. The second-order valence-electron chi connectivity index (χ2n) is 4.41. The van der Waals surface area contributed by atoms with Gasteiger partial charge in [-0.25, -0.2) is 18.4 Å². The van der Waals surface area contributed by atoms with E-state index in [2.05, 4.69) is 14.7 Å². The number of rotatable bonds is 3. The van der Waals surface area contributed by atoms with Gasteiger partial charge in [0.25, 0.3) is 10.0 Å². The molecular formula is C14H9Cl2N3O2S. The summed E-state index contributed by atoms with van der Waals surface area (Å²) in [4.78, 5) is 8.40. The van der Waals surface area contributed by atoms with Gasteiger partial charge in [-0.15, -0.1) is 0 Å². The minimum absolute atomic E-state index is 0.0275. The van der Waals surface area contributed by atoms with Gasteiger partial charge in [0.1, 0.15) is 0 Å². The lowest BCUT2D eigenvalue weighted by atomic mass is 10.3. The number of anilines is 1. The highest BCUT2D eigenvalue weighted by Crippen LogP contribution is 2.25. The fourth-order valence-corrected chi connectivity index (χ4v) is 3.29. The number of aromatic nitrogens is 2. The molecule has 1 heterocycles. The van der Waals surface area contributed by atoms with Crippen LogP contribution in [0.25, 0.3) is 11.0 Å². The highest BCUT2D eigenvalue weighted by atomic mass is 35.5. The number of nitrogens with zero attached hydrogens (tertiary/aromatic N) is 2. The fourth-order valence-electron chi connectivity index (χ4n) is 1.86. The van der Waals surface area contributed by atoms with E-state index < -0.39 is 10.0 Å². The van der Waals surface area contributed by atoms with Gasteiger partial charge in [-0.1, -0.05) is 41.4 Å². The molecule has 0 bridgehead atoms. The van der Waals surface area contributed by atoms with Crippen molar-refractivity contribution in [3.05, 3.63) is 58.7 Å². The normalized spacial score (nSPS) is 11.5. The van der Waals surface area contributed by atoms with Gasteiger partial charge in [0.2, 0.25) is 0 Å². The molecular weight excluding hydrogens is 345 g/mol. The first-order chi connectivity index (χ1) is 10.5. The van der Waals surface area contributed by atoms with E-state index in [1.807, 2.05) is 0 Å². The van der Waals surface area contributed by atoms with Gasteiger partial charge in [0.15, 0.2) is 11.0 Å². The van der Waals surface area contributed by atoms with Crippen LogP contribution in [0.2, 0.25) is 10.2 Å². The Balaban J connectivity index is 2.04. The van der Waals surface area contributed by atoms with Crippen LogP contribution in [-0.4, -0.2) is 18.4 Å².